The van der Waals surface area contributed by atoms with E-state index in [-0.39, 0.29) is 0 Å². The maximum absolute atomic E-state index is 5.65. The van der Waals surface area contributed by atoms with E-state index in [0.717, 1.165) is 50.5 Å². The van der Waals surface area contributed by atoms with Crippen LogP contribution < -0.4 is 10.6 Å². The van der Waals surface area contributed by atoms with Crippen molar-refractivity contribution in [2.45, 2.75) is 32.3 Å². The number of hydrogen-bond donors (Lipinski definition) is 3. The predicted octanol–water partition coefficient (Wildman–Crippen LogP) is 3.51. The summed E-state index contributed by atoms with van der Waals surface area (Å²) in [6.07, 6.45) is 5.56. The second-order valence-electron chi connectivity index (χ2n) is 6.77. The van der Waals surface area contributed by atoms with Crippen LogP contribution in [0.25, 0.3) is 10.9 Å². The zero-order chi connectivity index (χ0) is 17.8. The first-order valence-corrected chi connectivity index (χ1v) is 9.28. The average molecular weight is 351 g/mol. The smallest absolute Gasteiger partial charge is 0.224 e. The van der Waals surface area contributed by atoms with Gasteiger partial charge in [0, 0.05) is 48.6 Å². The Morgan fingerprint density at radius 1 is 1.23 bits per heavy atom. The van der Waals surface area contributed by atoms with E-state index >= 15 is 0 Å². The lowest BCUT2D eigenvalue weighted by Crippen LogP contribution is -2.19. The minimum absolute atomic E-state index is 0.295. The van der Waals surface area contributed by atoms with Crippen LogP contribution >= 0.6 is 0 Å². The number of aromatic amines is 1. The molecular formula is C20H25N5O. The molecule has 0 aliphatic carbocycles. The summed E-state index contributed by atoms with van der Waals surface area (Å²) in [6, 6.07) is 10.3. The van der Waals surface area contributed by atoms with E-state index in [4.69, 9.17) is 4.74 Å². The molecule has 0 bridgehead atoms. The second-order valence-corrected chi connectivity index (χ2v) is 6.77. The minimum Gasteiger partial charge on any atom is -0.376 e. The molecule has 1 aromatic carbocycles. The summed E-state index contributed by atoms with van der Waals surface area (Å²) in [4.78, 5) is 12.4. The summed E-state index contributed by atoms with van der Waals surface area (Å²) < 4.78 is 5.65. The van der Waals surface area contributed by atoms with Gasteiger partial charge in [-0.05, 0) is 37.8 Å². The Hall–Kier alpha value is -2.60. The topological polar surface area (TPSA) is 74.9 Å². The first-order chi connectivity index (χ1) is 12.8. The van der Waals surface area contributed by atoms with Crippen LogP contribution in [0, 0.1) is 6.92 Å². The SMILES string of the molecule is Cc1cc(NCC2CCCO2)nc(NCCc2c[nH]c3ccccc23)n1. The highest BCUT2D eigenvalue weighted by Crippen LogP contribution is 2.18. The van der Waals surface area contributed by atoms with E-state index in [0.29, 0.717) is 12.1 Å². The molecule has 6 heteroatoms. The van der Waals surface area contributed by atoms with Gasteiger partial charge in [0.05, 0.1) is 6.10 Å². The van der Waals surface area contributed by atoms with Gasteiger partial charge in [0.25, 0.3) is 0 Å². The van der Waals surface area contributed by atoms with E-state index in [9.17, 15) is 0 Å². The Bertz CT molecular complexity index is 870. The fourth-order valence-corrected chi connectivity index (χ4v) is 3.41. The van der Waals surface area contributed by atoms with Gasteiger partial charge in [-0.2, -0.15) is 4.98 Å². The molecule has 1 aliphatic heterocycles. The third kappa shape index (κ3) is 3.96. The first-order valence-electron chi connectivity index (χ1n) is 9.28. The van der Waals surface area contributed by atoms with Gasteiger partial charge in [0.2, 0.25) is 5.95 Å². The Morgan fingerprint density at radius 2 is 2.15 bits per heavy atom. The van der Waals surface area contributed by atoms with E-state index in [1.165, 1.54) is 16.5 Å². The van der Waals surface area contributed by atoms with E-state index in [2.05, 4.69) is 50.0 Å². The van der Waals surface area contributed by atoms with Crippen molar-refractivity contribution in [2.24, 2.45) is 0 Å². The van der Waals surface area contributed by atoms with Gasteiger partial charge in [0.1, 0.15) is 5.82 Å². The van der Waals surface area contributed by atoms with Crippen LogP contribution in [-0.4, -0.2) is 40.8 Å². The number of benzene rings is 1. The fourth-order valence-electron chi connectivity index (χ4n) is 3.41. The second kappa shape index (κ2) is 7.74. The molecule has 0 saturated carbocycles. The van der Waals surface area contributed by atoms with Crippen molar-refractivity contribution in [2.75, 3.05) is 30.3 Å². The summed E-state index contributed by atoms with van der Waals surface area (Å²) in [5.74, 6) is 1.52. The van der Waals surface area contributed by atoms with Crippen LogP contribution in [0.15, 0.2) is 36.5 Å². The van der Waals surface area contributed by atoms with Gasteiger partial charge in [-0.3, -0.25) is 0 Å². The molecule has 1 atom stereocenters. The predicted molar refractivity (Wildman–Crippen MR) is 105 cm³/mol. The Kier molecular flexibility index (Phi) is 5.02. The molecule has 6 nitrogen and oxygen atoms in total. The summed E-state index contributed by atoms with van der Waals surface area (Å²) >= 11 is 0. The Labute approximate surface area is 153 Å². The van der Waals surface area contributed by atoms with Crippen LogP contribution in [0.4, 0.5) is 11.8 Å². The van der Waals surface area contributed by atoms with E-state index < -0.39 is 0 Å². The molecule has 1 fully saturated rings. The highest BCUT2D eigenvalue weighted by molar-refractivity contribution is 5.83. The number of nitrogens with zero attached hydrogens (tertiary/aromatic N) is 2. The number of H-pyrrole nitrogens is 1. The number of nitrogens with one attached hydrogen (secondary N) is 3. The maximum Gasteiger partial charge on any atom is 0.224 e. The Balaban J connectivity index is 1.35. The van der Waals surface area contributed by atoms with Crippen LogP contribution in [-0.2, 0) is 11.2 Å². The van der Waals surface area contributed by atoms with Crippen molar-refractivity contribution in [1.82, 2.24) is 15.0 Å². The molecule has 136 valence electrons. The molecule has 0 spiro atoms. The number of aryl methyl sites for hydroxylation is 1. The third-order valence-corrected chi connectivity index (χ3v) is 4.74. The molecule has 0 amide bonds. The molecule has 26 heavy (non-hydrogen) atoms. The van der Waals surface area contributed by atoms with Gasteiger partial charge < -0.3 is 20.4 Å². The number of anilines is 2. The van der Waals surface area contributed by atoms with Crippen molar-refractivity contribution in [1.29, 1.82) is 0 Å². The van der Waals surface area contributed by atoms with Gasteiger partial charge >= 0.3 is 0 Å². The summed E-state index contributed by atoms with van der Waals surface area (Å²) in [5, 5.41) is 8.00. The summed E-state index contributed by atoms with van der Waals surface area (Å²) in [6.45, 7) is 4.45. The number of aromatic nitrogens is 3. The van der Waals surface area contributed by atoms with Crippen LogP contribution in [0.5, 0.6) is 0 Å². The molecule has 1 saturated heterocycles. The molecule has 3 N–H and O–H groups in total. The monoisotopic (exact) mass is 351 g/mol. The lowest BCUT2D eigenvalue weighted by atomic mass is 10.1. The summed E-state index contributed by atoms with van der Waals surface area (Å²) in [7, 11) is 0. The molecule has 4 rings (SSSR count). The van der Waals surface area contributed by atoms with Crippen molar-refractivity contribution in [3.63, 3.8) is 0 Å². The molecule has 0 radical (unpaired) electrons. The normalized spacial score (nSPS) is 16.9. The minimum atomic E-state index is 0.295. The van der Waals surface area contributed by atoms with Gasteiger partial charge in [-0.15, -0.1) is 0 Å². The third-order valence-electron chi connectivity index (χ3n) is 4.74. The Morgan fingerprint density at radius 3 is 3.04 bits per heavy atom. The standard InChI is InChI=1S/C20H25N5O/c1-14-11-19(23-13-16-5-4-10-26-16)25-20(24-14)21-9-8-15-12-22-18-7-3-2-6-17(15)18/h2-3,6-7,11-12,16,22H,4-5,8-10,13H2,1H3,(H2,21,23,24,25). The quantitative estimate of drug-likeness (QED) is 0.607. The maximum atomic E-state index is 5.65. The number of rotatable bonds is 7. The highest BCUT2D eigenvalue weighted by atomic mass is 16.5. The van der Waals surface area contributed by atoms with Crippen molar-refractivity contribution in [3.05, 3.63) is 47.8 Å². The van der Waals surface area contributed by atoms with Gasteiger partial charge in [-0.25, -0.2) is 4.98 Å². The van der Waals surface area contributed by atoms with Gasteiger partial charge in [0.15, 0.2) is 0 Å². The van der Waals surface area contributed by atoms with Crippen LogP contribution in [0.3, 0.4) is 0 Å². The fraction of sp³-hybridized carbons (Fsp3) is 0.400. The lowest BCUT2D eigenvalue weighted by Gasteiger charge is -2.13. The average Bonchev–Trinajstić information content (AvgIpc) is 3.30. The molecule has 3 heterocycles. The van der Waals surface area contributed by atoms with Crippen molar-refractivity contribution >= 4 is 22.7 Å². The number of para-hydroxylation sites is 1. The first kappa shape index (κ1) is 16.8. The summed E-state index contributed by atoms with van der Waals surface area (Å²) in [5.41, 5.74) is 3.43. The van der Waals surface area contributed by atoms with E-state index in [1.807, 2.05) is 19.1 Å². The lowest BCUT2D eigenvalue weighted by molar-refractivity contribution is 0.120. The number of hydrogen-bond acceptors (Lipinski definition) is 5. The molecule has 3 aromatic rings. The zero-order valence-corrected chi connectivity index (χ0v) is 15.1. The molecule has 1 unspecified atom stereocenters. The zero-order valence-electron chi connectivity index (χ0n) is 15.1. The molecule has 1 aliphatic rings. The van der Waals surface area contributed by atoms with Crippen molar-refractivity contribution in [3.8, 4) is 0 Å². The highest BCUT2D eigenvalue weighted by Gasteiger charge is 2.15. The van der Waals surface area contributed by atoms with Crippen LogP contribution in [0.2, 0.25) is 0 Å². The van der Waals surface area contributed by atoms with Crippen LogP contribution in [0.1, 0.15) is 24.1 Å². The number of fused-ring (bicyclic) bond motifs is 1. The molecule has 2 aromatic heterocycles. The largest absolute Gasteiger partial charge is 0.376 e. The van der Waals surface area contributed by atoms with E-state index in [1.54, 1.807) is 0 Å². The van der Waals surface area contributed by atoms with Crippen molar-refractivity contribution < 1.29 is 4.74 Å². The molecular weight excluding hydrogens is 326 g/mol. The number of ether oxygens (including phenoxy) is 1. The van der Waals surface area contributed by atoms with Gasteiger partial charge in [-0.1, -0.05) is 18.2 Å².